The minimum absolute atomic E-state index is 0.305. The average molecular weight is 364 g/mol. The van der Waals surface area contributed by atoms with E-state index in [4.69, 9.17) is 4.74 Å². The highest BCUT2D eigenvalue weighted by molar-refractivity contribution is 7.99. The lowest BCUT2D eigenvalue weighted by atomic mass is 10.1. The monoisotopic (exact) mass is 364 g/mol. The third kappa shape index (κ3) is 4.90. The molecule has 3 aromatic carbocycles. The van der Waals surface area contributed by atoms with Crippen LogP contribution in [0.25, 0.3) is 0 Å². The number of benzene rings is 3. The number of carbonyl (C=O) groups is 1. The van der Waals surface area contributed by atoms with Gasteiger partial charge < -0.3 is 9.84 Å². The van der Waals surface area contributed by atoms with Crippen LogP contribution in [0.4, 0.5) is 0 Å². The number of rotatable bonds is 7. The van der Waals surface area contributed by atoms with Crippen molar-refractivity contribution in [1.82, 2.24) is 0 Å². The first-order valence-electron chi connectivity index (χ1n) is 8.39. The molecule has 0 amide bonds. The first kappa shape index (κ1) is 18.1. The Kier molecular flexibility index (Phi) is 5.97. The summed E-state index contributed by atoms with van der Waals surface area (Å²) in [5.41, 5.74) is 2.06. The molecule has 0 aliphatic heterocycles. The molecule has 0 saturated carbocycles. The normalized spacial score (nSPS) is 11.7. The molecular formula is C22H20O3S. The Morgan fingerprint density at radius 1 is 0.962 bits per heavy atom. The van der Waals surface area contributed by atoms with Gasteiger partial charge in [0.25, 0.3) is 0 Å². The Bertz CT molecular complexity index is 860. The quantitative estimate of drug-likeness (QED) is 0.624. The summed E-state index contributed by atoms with van der Waals surface area (Å²) < 4.78 is 5.73. The summed E-state index contributed by atoms with van der Waals surface area (Å²) in [5.74, 6) is -0.402. The summed E-state index contributed by atoms with van der Waals surface area (Å²) in [7, 11) is 0. The second-order valence-corrected chi connectivity index (χ2v) is 7.10. The van der Waals surface area contributed by atoms with Crippen molar-refractivity contribution in [2.75, 3.05) is 0 Å². The van der Waals surface area contributed by atoms with Crippen molar-refractivity contribution in [2.24, 2.45) is 0 Å². The van der Waals surface area contributed by atoms with E-state index in [1.165, 1.54) is 0 Å². The Labute approximate surface area is 157 Å². The largest absolute Gasteiger partial charge is 0.478 e. The summed E-state index contributed by atoms with van der Waals surface area (Å²) >= 11 is 1.63. The molecule has 0 heterocycles. The number of ether oxygens (including phenoxy) is 1. The van der Waals surface area contributed by atoms with Crippen molar-refractivity contribution >= 4 is 17.7 Å². The van der Waals surface area contributed by atoms with Gasteiger partial charge in [-0.1, -0.05) is 65.9 Å². The molecule has 1 N–H and O–H groups in total. The maximum Gasteiger partial charge on any atom is 0.345 e. The van der Waals surface area contributed by atoms with Crippen molar-refractivity contribution in [3.8, 4) is 5.75 Å². The first-order chi connectivity index (χ1) is 12.6. The molecule has 0 saturated heterocycles. The highest BCUT2D eigenvalue weighted by Gasteiger charge is 2.21. The molecule has 0 aromatic heterocycles. The summed E-state index contributed by atoms with van der Waals surface area (Å²) in [6, 6.07) is 25.3. The summed E-state index contributed by atoms with van der Waals surface area (Å²) in [6.45, 7) is 1.98. The molecule has 3 rings (SSSR count). The number of hydrogen-bond acceptors (Lipinski definition) is 3. The lowest BCUT2D eigenvalue weighted by Gasteiger charge is -2.17. The van der Waals surface area contributed by atoms with Crippen molar-refractivity contribution in [3.05, 3.63) is 90.0 Å². The predicted molar refractivity (Wildman–Crippen MR) is 104 cm³/mol. The lowest BCUT2D eigenvalue weighted by Crippen LogP contribution is -2.29. The number of carboxylic acids is 1. The highest BCUT2D eigenvalue weighted by Crippen LogP contribution is 2.31. The number of aryl methyl sites for hydroxylation is 1. The van der Waals surface area contributed by atoms with Gasteiger partial charge in [0.2, 0.25) is 0 Å². The van der Waals surface area contributed by atoms with E-state index in [2.05, 4.69) is 0 Å². The van der Waals surface area contributed by atoms with Crippen LogP contribution in [-0.2, 0) is 11.2 Å². The van der Waals surface area contributed by atoms with E-state index in [0.29, 0.717) is 12.2 Å². The van der Waals surface area contributed by atoms with Gasteiger partial charge in [-0.25, -0.2) is 4.79 Å². The van der Waals surface area contributed by atoms with Crippen molar-refractivity contribution in [1.29, 1.82) is 0 Å². The average Bonchev–Trinajstić information content (AvgIpc) is 2.65. The zero-order valence-electron chi connectivity index (χ0n) is 14.5. The second-order valence-electron chi connectivity index (χ2n) is 5.98. The van der Waals surface area contributed by atoms with Crippen LogP contribution in [0.15, 0.2) is 88.7 Å². The van der Waals surface area contributed by atoms with Crippen molar-refractivity contribution in [3.63, 3.8) is 0 Å². The van der Waals surface area contributed by atoms with Crippen LogP contribution in [0.5, 0.6) is 5.75 Å². The summed E-state index contributed by atoms with van der Waals surface area (Å²) in [5, 5.41) is 9.60. The van der Waals surface area contributed by atoms with Gasteiger partial charge in [0.1, 0.15) is 5.75 Å². The Morgan fingerprint density at radius 3 is 2.31 bits per heavy atom. The van der Waals surface area contributed by atoms with Gasteiger partial charge in [0.05, 0.1) is 0 Å². The van der Waals surface area contributed by atoms with Crippen molar-refractivity contribution < 1.29 is 14.6 Å². The predicted octanol–water partition coefficient (Wildman–Crippen LogP) is 5.22. The smallest absolute Gasteiger partial charge is 0.345 e. The zero-order chi connectivity index (χ0) is 18.4. The van der Waals surface area contributed by atoms with E-state index in [1.54, 1.807) is 23.9 Å². The van der Waals surface area contributed by atoms with Gasteiger partial charge >= 0.3 is 5.97 Å². The van der Waals surface area contributed by atoms with E-state index in [-0.39, 0.29) is 0 Å². The first-order valence-corrected chi connectivity index (χ1v) is 9.20. The lowest BCUT2D eigenvalue weighted by molar-refractivity contribution is -0.145. The van der Waals surface area contributed by atoms with Crippen molar-refractivity contribution in [2.45, 2.75) is 29.2 Å². The van der Waals surface area contributed by atoms with Crippen LogP contribution in [-0.4, -0.2) is 17.2 Å². The molecule has 3 aromatic rings. The summed E-state index contributed by atoms with van der Waals surface area (Å²) in [6.07, 6.45) is -0.630. The summed E-state index contributed by atoms with van der Waals surface area (Å²) in [4.78, 5) is 13.9. The fourth-order valence-electron chi connectivity index (χ4n) is 2.55. The number of aliphatic carboxylic acids is 1. The van der Waals surface area contributed by atoms with E-state index < -0.39 is 12.1 Å². The highest BCUT2D eigenvalue weighted by atomic mass is 32.2. The van der Waals surface area contributed by atoms with E-state index in [0.717, 1.165) is 20.9 Å². The topological polar surface area (TPSA) is 46.5 Å². The van der Waals surface area contributed by atoms with Gasteiger partial charge in [0, 0.05) is 16.2 Å². The van der Waals surface area contributed by atoms with Crippen LogP contribution in [0.2, 0.25) is 0 Å². The second kappa shape index (κ2) is 8.59. The minimum atomic E-state index is -0.968. The zero-order valence-corrected chi connectivity index (χ0v) is 15.3. The molecule has 4 heteroatoms. The molecule has 0 aliphatic carbocycles. The molecule has 0 fully saturated rings. The minimum Gasteiger partial charge on any atom is -0.478 e. The van der Waals surface area contributed by atoms with Gasteiger partial charge in [-0.3, -0.25) is 0 Å². The molecule has 1 atom stereocenters. The number of hydrogen-bond donors (Lipinski definition) is 1. The van der Waals surface area contributed by atoms with E-state index in [9.17, 15) is 9.90 Å². The van der Waals surface area contributed by atoms with Gasteiger partial charge in [-0.05, 0) is 42.8 Å². The third-order valence-electron chi connectivity index (χ3n) is 3.92. The van der Waals surface area contributed by atoms with Crippen LogP contribution < -0.4 is 4.74 Å². The maximum atomic E-state index is 11.7. The van der Waals surface area contributed by atoms with Crippen LogP contribution >= 0.6 is 11.8 Å². The van der Waals surface area contributed by atoms with Crippen LogP contribution in [0, 0.1) is 6.92 Å². The molecule has 0 bridgehead atoms. The fourth-order valence-corrected chi connectivity index (χ4v) is 3.52. The molecule has 0 spiro atoms. The molecule has 0 radical (unpaired) electrons. The Balaban J connectivity index is 1.79. The molecule has 132 valence electrons. The molecule has 1 unspecified atom stereocenters. The molecule has 3 nitrogen and oxygen atoms in total. The van der Waals surface area contributed by atoms with Gasteiger partial charge in [0.15, 0.2) is 6.10 Å². The van der Waals surface area contributed by atoms with E-state index >= 15 is 0 Å². The molecule has 26 heavy (non-hydrogen) atoms. The third-order valence-corrected chi connectivity index (χ3v) is 5.05. The maximum absolute atomic E-state index is 11.7. The SMILES string of the molecule is Cc1ccc(OC(Cc2ccccc2Sc2ccccc2)C(=O)O)cc1. The fraction of sp³-hybridized carbons (Fsp3) is 0.136. The molecular weight excluding hydrogens is 344 g/mol. The molecule has 0 aliphatic rings. The van der Waals surface area contributed by atoms with Crippen LogP contribution in [0.1, 0.15) is 11.1 Å². The van der Waals surface area contributed by atoms with Gasteiger partial charge in [-0.2, -0.15) is 0 Å². The van der Waals surface area contributed by atoms with Gasteiger partial charge in [-0.15, -0.1) is 0 Å². The number of carboxylic acid groups (broad SMARTS) is 1. The van der Waals surface area contributed by atoms with Crippen LogP contribution in [0.3, 0.4) is 0 Å². The standard InChI is InChI=1S/C22H20O3S/c1-16-11-13-18(14-12-16)25-20(22(23)24)15-17-7-5-6-10-21(17)26-19-8-3-2-4-9-19/h2-14,20H,15H2,1H3,(H,23,24). The Hall–Kier alpha value is -2.72. The van der Waals surface area contributed by atoms with E-state index in [1.807, 2.05) is 73.7 Å². The Morgan fingerprint density at radius 2 is 1.62 bits per heavy atom.